The highest BCUT2D eigenvalue weighted by Crippen LogP contribution is 2.09. The van der Waals surface area contributed by atoms with E-state index >= 15 is 0 Å². The van der Waals surface area contributed by atoms with Gasteiger partial charge < -0.3 is 10.7 Å². The smallest absolute Gasteiger partial charge is 0.349 e. The summed E-state index contributed by atoms with van der Waals surface area (Å²) in [5.41, 5.74) is 5.06. The van der Waals surface area contributed by atoms with Crippen LogP contribution >= 0.6 is 0 Å². The number of pyridine rings is 1. The van der Waals surface area contributed by atoms with Gasteiger partial charge in [0.1, 0.15) is 5.82 Å². The quantitative estimate of drug-likeness (QED) is 0.557. The number of hydrogen-bond donors (Lipinski definition) is 3. The summed E-state index contributed by atoms with van der Waals surface area (Å²) in [6.45, 7) is 0. The maximum atomic E-state index is 11.0. The largest absolute Gasteiger partial charge is 0.368 e. The Morgan fingerprint density at radius 1 is 1.20 bits per heavy atom. The van der Waals surface area contributed by atoms with Gasteiger partial charge in [-0.05, 0) is 6.07 Å². The van der Waals surface area contributed by atoms with Crippen LogP contribution in [0.3, 0.4) is 0 Å². The van der Waals surface area contributed by atoms with E-state index in [1.165, 1.54) is 18.3 Å². The third kappa shape index (κ3) is 1.90. The van der Waals surface area contributed by atoms with Crippen LogP contribution in [-0.4, -0.2) is 19.9 Å². The molecule has 0 aliphatic carbocycles. The van der Waals surface area contributed by atoms with E-state index < -0.39 is 5.69 Å². The molecule has 7 nitrogen and oxygen atoms in total. The van der Waals surface area contributed by atoms with Crippen LogP contribution in [0.15, 0.2) is 27.9 Å². The topological polar surface area (TPSA) is 118 Å². The molecule has 0 unspecified atom stereocenters. The molecule has 76 valence electrons. The second-order valence-corrected chi connectivity index (χ2v) is 2.80. The number of H-pyrrole nitrogens is 2. The molecular formula is C8H7N5O2. The summed E-state index contributed by atoms with van der Waals surface area (Å²) in [5, 5.41) is 0. The average Bonchev–Trinajstić information content (AvgIpc) is 2.17. The van der Waals surface area contributed by atoms with Gasteiger partial charge in [0.2, 0.25) is 11.5 Å². The minimum Gasteiger partial charge on any atom is -0.368 e. The number of nitrogen functional groups attached to an aromatic ring is 1. The Balaban J connectivity index is 2.58. The van der Waals surface area contributed by atoms with Crippen molar-refractivity contribution in [3.63, 3.8) is 0 Å². The molecule has 0 aromatic carbocycles. The van der Waals surface area contributed by atoms with E-state index in [0.717, 1.165) is 0 Å². The van der Waals surface area contributed by atoms with Crippen LogP contribution in [0.2, 0.25) is 0 Å². The van der Waals surface area contributed by atoms with Crippen molar-refractivity contribution in [2.75, 3.05) is 5.73 Å². The summed E-state index contributed by atoms with van der Waals surface area (Å²) in [4.78, 5) is 33.8. The summed E-state index contributed by atoms with van der Waals surface area (Å²) >= 11 is 0. The molecule has 0 bridgehead atoms. The third-order valence-corrected chi connectivity index (χ3v) is 1.73. The van der Waals surface area contributed by atoms with E-state index in [0.29, 0.717) is 5.56 Å². The van der Waals surface area contributed by atoms with Gasteiger partial charge in [0, 0.05) is 17.8 Å². The molecule has 4 N–H and O–H groups in total. The number of rotatable bonds is 1. The first-order valence-electron chi connectivity index (χ1n) is 4.08. The molecule has 15 heavy (non-hydrogen) atoms. The zero-order valence-corrected chi connectivity index (χ0v) is 7.52. The highest BCUT2D eigenvalue weighted by atomic mass is 16.1. The molecular weight excluding hydrogens is 198 g/mol. The third-order valence-electron chi connectivity index (χ3n) is 1.73. The summed E-state index contributed by atoms with van der Waals surface area (Å²) < 4.78 is 0. The Hall–Kier alpha value is -2.44. The lowest BCUT2D eigenvalue weighted by atomic mass is 10.3. The van der Waals surface area contributed by atoms with Crippen molar-refractivity contribution in [3.8, 4) is 11.4 Å². The van der Waals surface area contributed by atoms with Gasteiger partial charge in [0.25, 0.3) is 0 Å². The van der Waals surface area contributed by atoms with Gasteiger partial charge in [0.15, 0.2) is 0 Å². The van der Waals surface area contributed by atoms with Gasteiger partial charge in [-0.1, -0.05) is 0 Å². The average molecular weight is 205 g/mol. The standard InChI is InChI=1S/C8H7N5O2/c9-7-11-6(12-8(15)13-7)4-1-2-5(14)10-3-4/h1-3H,(H,10,14)(H3,9,11,12,13,15). The summed E-state index contributed by atoms with van der Waals surface area (Å²) in [6.07, 6.45) is 1.43. The minimum absolute atomic E-state index is 0.111. The fraction of sp³-hybridized carbons (Fsp3) is 0. The fourth-order valence-corrected chi connectivity index (χ4v) is 1.10. The first-order valence-corrected chi connectivity index (χ1v) is 4.08. The highest BCUT2D eigenvalue weighted by molar-refractivity contribution is 5.53. The Bertz CT molecular complexity index is 580. The maximum absolute atomic E-state index is 11.0. The SMILES string of the molecule is Nc1nc(-c2ccc(=O)[nH]c2)[nH]c(=O)n1. The number of nitrogens with two attached hydrogens (primary N) is 1. The zero-order chi connectivity index (χ0) is 10.8. The van der Waals surface area contributed by atoms with Crippen LogP contribution in [0.5, 0.6) is 0 Å². The molecule has 2 heterocycles. The molecule has 0 atom stereocenters. The van der Waals surface area contributed by atoms with E-state index in [2.05, 4.69) is 19.9 Å². The summed E-state index contributed by atoms with van der Waals surface area (Å²) in [7, 11) is 0. The van der Waals surface area contributed by atoms with Gasteiger partial charge in [-0.2, -0.15) is 9.97 Å². The first kappa shape index (κ1) is 9.13. The van der Waals surface area contributed by atoms with Crippen molar-refractivity contribution in [3.05, 3.63) is 39.2 Å². The summed E-state index contributed by atoms with van der Waals surface area (Å²) in [5.74, 6) is 0.156. The molecule has 0 aliphatic rings. The van der Waals surface area contributed by atoms with Crippen molar-refractivity contribution in [1.29, 1.82) is 0 Å². The number of hydrogen-bond acceptors (Lipinski definition) is 5. The molecule has 0 aliphatic heterocycles. The number of aromatic nitrogens is 4. The van der Waals surface area contributed by atoms with Gasteiger partial charge in [0.05, 0.1) is 0 Å². The van der Waals surface area contributed by atoms with Crippen LogP contribution in [-0.2, 0) is 0 Å². The summed E-state index contributed by atoms with van der Waals surface area (Å²) in [6, 6.07) is 2.85. The Kier molecular flexibility index (Phi) is 2.05. The number of aromatic amines is 2. The van der Waals surface area contributed by atoms with Crippen molar-refractivity contribution in [2.45, 2.75) is 0 Å². The second kappa shape index (κ2) is 3.37. The van der Waals surface area contributed by atoms with Gasteiger partial charge in [-0.15, -0.1) is 0 Å². The van der Waals surface area contributed by atoms with Crippen molar-refractivity contribution >= 4 is 5.95 Å². The molecule has 0 amide bonds. The molecule has 0 fully saturated rings. The molecule has 2 rings (SSSR count). The lowest BCUT2D eigenvalue weighted by molar-refractivity contribution is 1.01. The van der Waals surface area contributed by atoms with Gasteiger partial charge >= 0.3 is 5.69 Å². The minimum atomic E-state index is -0.580. The zero-order valence-electron chi connectivity index (χ0n) is 7.52. The van der Waals surface area contributed by atoms with E-state index in [1.54, 1.807) is 0 Å². The number of nitrogens with one attached hydrogen (secondary N) is 2. The van der Waals surface area contributed by atoms with E-state index in [4.69, 9.17) is 5.73 Å². The van der Waals surface area contributed by atoms with Crippen LogP contribution in [0.1, 0.15) is 0 Å². The lowest BCUT2D eigenvalue weighted by Crippen LogP contribution is -2.16. The van der Waals surface area contributed by atoms with E-state index in [-0.39, 0.29) is 17.3 Å². The number of anilines is 1. The molecule has 2 aromatic rings. The molecule has 2 aromatic heterocycles. The molecule has 0 saturated carbocycles. The monoisotopic (exact) mass is 205 g/mol. The van der Waals surface area contributed by atoms with Crippen LogP contribution < -0.4 is 17.0 Å². The second-order valence-electron chi connectivity index (χ2n) is 2.80. The Morgan fingerprint density at radius 2 is 2.00 bits per heavy atom. The first-order chi connectivity index (χ1) is 7.15. The van der Waals surface area contributed by atoms with Crippen LogP contribution in [0.25, 0.3) is 11.4 Å². The molecule has 0 radical (unpaired) electrons. The molecule has 7 heteroatoms. The Labute approximate surface area is 83.0 Å². The van der Waals surface area contributed by atoms with Gasteiger partial charge in [-0.3, -0.25) is 9.78 Å². The van der Waals surface area contributed by atoms with Crippen molar-refractivity contribution in [1.82, 2.24) is 19.9 Å². The van der Waals surface area contributed by atoms with E-state index in [1.807, 2.05) is 0 Å². The normalized spacial score (nSPS) is 10.1. The fourth-order valence-electron chi connectivity index (χ4n) is 1.10. The van der Waals surface area contributed by atoms with Crippen LogP contribution in [0, 0.1) is 0 Å². The van der Waals surface area contributed by atoms with Gasteiger partial charge in [-0.25, -0.2) is 4.79 Å². The van der Waals surface area contributed by atoms with Crippen molar-refractivity contribution < 1.29 is 0 Å². The highest BCUT2D eigenvalue weighted by Gasteiger charge is 2.02. The molecule has 0 spiro atoms. The Morgan fingerprint density at radius 3 is 2.60 bits per heavy atom. The number of nitrogens with zero attached hydrogens (tertiary/aromatic N) is 2. The lowest BCUT2D eigenvalue weighted by Gasteiger charge is -1.99. The molecule has 0 saturated heterocycles. The van der Waals surface area contributed by atoms with E-state index in [9.17, 15) is 9.59 Å². The van der Waals surface area contributed by atoms with Crippen LogP contribution in [0.4, 0.5) is 5.95 Å². The predicted molar refractivity (Wildman–Crippen MR) is 53.1 cm³/mol. The maximum Gasteiger partial charge on any atom is 0.349 e. The van der Waals surface area contributed by atoms with Crippen molar-refractivity contribution in [2.24, 2.45) is 0 Å². The predicted octanol–water partition coefficient (Wildman–Crippen LogP) is -0.898.